The van der Waals surface area contributed by atoms with Crippen LogP contribution in [0.1, 0.15) is 16.9 Å². The average Bonchev–Trinajstić information content (AvgIpc) is 3.40. The van der Waals surface area contributed by atoms with Gasteiger partial charge in [0.1, 0.15) is 5.69 Å². The summed E-state index contributed by atoms with van der Waals surface area (Å²) in [6, 6.07) is 13.8. The summed E-state index contributed by atoms with van der Waals surface area (Å²) < 4.78 is 0. The SMILES string of the molecule is N#CN1CC2CC2[C@@H](NC(=O)c2cc(-c3cnccc3Sc3ccccc3)n[nH]2)C1. The van der Waals surface area contributed by atoms with E-state index in [0.717, 1.165) is 28.3 Å². The number of hydrogen-bond acceptors (Lipinski definition) is 6. The van der Waals surface area contributed by atoms with Crippen molar-refractivity contribution in [1.29, 1.82) is 5.26 Å². The molecule has 0 bridgehead atoms. The lowest BCUT2D eigenvalue weighted by Crippen LogP contribution is -2.48. The molecule has 1 saturated carbocycles. The van der Waals surface area contributed by atoms with Gasteiger partial charge in [-0.05, 0) is 42.5 Å². The summed E-state index contributed by atoms with van der Waals surface area (Å²) in [6.45, 7) is 1.38. The minimum atomic E-state index is -0.189. The second-order valence-corrected chi connectivity index (χ2v) is 8.81. The first-order valence-electron chi connectivity index (χ1n) is 9.89. The van der Waals surface area contributed by atoms with Gasteiger partial charge in [-0.15, -0.1) is 0 Å². The highest BCUT2D eigenvalue weighted by Crippen LogP contribution is 2.45. The number of carbonyl (C=O) groups excluding carboxylic acids is 1. The van der Waals surface area contributed by atoms with Crippen LogP contribution in [-0.2, 0) is 0 Å². The number of pyridine rings is 1. The Morgan fingerprint density at radius 1 is 1.27 bits per heavy atom. The number of likely N-dealkylation sites (tertiary alicyclic amines) is 1. The monoisotopic (exact) mass is 416 g/mol. The van der Waals surface area contributed by atoms with E-state index in [1.54, 1.807) is 35.1 Å². The van der Waals surface area contributed by atoms with Crippen molar-refractivity contribution in [3.05, 3.63) is 60.6 Å². The fourth-order valence-corrected chi connectivity index (χ4v) is 4.98. The average molecular weight is 417 g/mol. The van der Waals surface area contributed by atoms with Crippen LogP contribution in [0.2, 0.25) is 0 Å². The maximum atomic E-state index is 12.8. The Bertz CT molecular complexity index is 1110. The molecule has 0 radical (unpaired) electrons. The minimum absolute atomic E-state index is 0.00485. The van der Waals surface area contributed by atoms with E-state index in [2.05, 4.69) is 38.8 Å². The Kier molecular flexibility index (Phi) is 4.89. The molecule has 0 spiro atoms. The van der Waals surface area contributed by atoms with E-state index in [9.17, 15) is 10.1 Å². The molecule has 2 unspecified atom stereocenters. The Morgan fingerprint density at radius 3 is 2.97 bits per heavy atom. The fraction of sp³-hybridized carbons (Fsp3) is 0.273. The van der Waals surface area contributed by atoms with Crippen LogP contribution < -0.4 is 5.32 Å². The maximum absolute atomic E-state index is 12.8. The Hall–Kier alpha value is -3.31. The van der Waals surface area contributed by atoms with Gasteiger partial charge in [0.05, 0.1) is 11.7 Å². The molecular weight excluding hydrogens is 396 g/mol. The van der Waals surface area contributed by atoms with E-state index in [1.165, 1.54) is 0 Å². The van der Waals surface area contributed by atoms with Crippen molar-refractivity contribution >= 4 is 17.7 Å². The number of benzene rings is 1. The topological polar surface area (TPSA) is 97.7 Å². The number of fused-ring (bicyclic) bond motifs is 1. The number of carbonyl (C=O) groups is 1. The van der Waals surface area contributed by atoms with Crippen LogP contribution in [0.15, 0.2) is 64.6 Å². The lowest BCUT2D eigenvalue weighted by Gasteiger charge is -2.28. The standard InChI is InChI=1S/C22H20N6OS/c23-13-28-11-14-8-16(14)20(12-28)25-22(29)19-9-18(26-27-19)17-10-24-7-6-21(17)30-15-4-2-1-3-5-15/h1-7,9-10,14,16,20H,8,11-12H2,(H,25,29)(H,26,27)/t14?,16?,20-/m0/s1. The highest BCUT2D eigenvalue weighted by atomic mass is 32.2. The van der Waals surface area contributed by atoms with Crippen LogP contribution in [-0.4, -0.2) is 45.1 Å². The zero-order chi connectivity index (χ0) is 20.5. The van der Waals surface area contributed by atoms with Crippen LogP contribution in [0.4, 0.5) is 0 Å². The molecule has 1 aliphatic carbocycles. The molecular formula is C22H20N6OS. The zero-order valence-corrected chi connectivity index (χ0v) is 17.0. The predicted molar refractivity (Wildman–Crippen MR) is 112 cm³/mol. The molecule has 150 valence electrons. The van der Waals surface area contributed by atoms with Gasteiger partial charge in [-0.3, -0.25) is 14.9 Å². The summed E-state index contributed by atoms with van der Waals surface area (Å²) in [5.74, 6) is 0.812. The van der Waals surface area contributed by atoms with Gasteiger partial charge >= 0.3 is 0 Å². The van der Waals surface area contributed by atoms with Crippen molar-refractivity contribution in [2.75, 3.05) is 13.1 Å². The highest BCUT2D eigenvalue weighted by molar-refractivity contribution is 7.99. The molecule has 1 saturated heterocycles. The van der Waals surface area contributed by atoms with Crippen LogP contribution in [0, 0.1) is 23.3 Å². The van der Waals surface area contributed by atoms with Crippen molar-refractivity contribution in [1.82, 2.24) is 25.4 Å². The molecule has 2 aliphatic rings. The summed E-state index contributed by atoms with van der Waals surface area (Å²) in [7, 11) is 0. The Labute approximate surface area is 178 Å². The molecule has 5 rings (SSSR count). The van der Waals surface area contributed by atoms with Gasteiger partial charge in [0, 0.05) is 40.8 Å². The Morgan fingerprint density at radius 2 is 2.13 bits per heavy atom. The van der Waals surface area contributed by atoms with E-state index >= 15 is 0 Å². The number of nitrogens with zero attached hydrogens (tertiary/aromatic N) is 4. The van der Waals surface area contributed by atoms with Crippen LogP contribution in [0.25, 0.3) is 11.3 Å². The van der Waals surface area contributed by atoms with Gasteiger partial charge in [0.2, 0.25) is 0 Å². The number of aromatic nitrogens is 3. The zero-order valence-electron chi connectivity index (χ0n) is 16.2. The van der Waals surface area contributed by atoms with E-state index in [4.69, 9.17) is 0 Å². The number of amides is 1. The van der Waals surface area contributed by atoms with E-state index < -0.39 is 0 Å². The van der Waals surface area contributed by atoms with Gasteiger partial charge < -0.3 is 10.2 Å². The molecule has 2 N–H and O–H groups in total. The summed E-state index contributed by atoms with van der Waals surface area (Å²) >= 11 is 1.63. The summed E-state index contributed by atoms with van der Waals surface area (Å²) in [5, 5.41) is 19.5. The molecule has 1 aromatic carbocycles. The van der Waals surface area contributed by atoms with E-state index in [0.29, 0.717) is 29.8 Å². The van der Waals surface area contributed by atoms with Crippen molar-refractivity contribution in [2.24, 2.45) is 11.8 Å². The number of hydrogen-bond donors (Lipinski definition) is 2. The van der Waals surface area contributed by atoms with E-state index in [1.807, 2.05) is 24.3 Å². The smallest absolute Gasteiger partial charge is 0.269 e. The van der Waals surface area contributed by atoms with Crippen molar-refractivity contribution in [2.45, 2.75) is 22.3 Å². The normalized spacial score (nSPS) is 22.1. The molecule has 8 heteroatoms. The van der Waals surface area contributed by atoms with Crippen molar-refractivity contribution in [3.8, 4) is 17.5 Å². The van der Waals surface area contributed by atoms with Crippen LogP contribution in [0.3, 0.4) is 0 Å². The molecule has 2 fully saturated rings. The number of piperidine rings is 1. The third-order valence-electron chi connectivity index (χ3n) is 5.67. The summed E-state index contributed by atoms with van der Waals surface area (Å²) in [6.07, 6.45) is 6.81. The lowest BCUT2D eigenvalue weighted by atomic mass is 10.1. The quantitative estimate of drug-likeness (QED) is 0.620. The van der Waals surface area contributed by atoms with Crippen LogP contribution in [0.5, 0.6) is 0 Å². The third kappa shape index (κ3) is 3.76. The highest BCUT2D eigenvalue weighted by Gasteiger charge is 2.48. The third-order valence-corrected chi connectivity index (χ3v) is 6.76. The summed E-state index contributed by atoms with van der Waals surface area (Å²) in [5.41, 5.74) is 1.96. The van der Waals surface area contributed by atoms with Crippen molar-refractivity contribution < 1.29 is 4.79 Å². The van der Waals surface area contributed by atoms with Crippen LogP contribution >= 0.6 is 11.8 Å². The molecule has 3 aromatic rings. The molecule has 7 nitrogen and oxygen atoms in total. The predicted octanol–water partition coefficient (Wildman–Crippen LogP) is 3.15. The summed E-state index contributed by atoms with van der Waals surface area (Å²) in [4.78, 5) is 20.9. The first-order valence-corrected chi connectivity index (χ1v) is 10.7. The Balaban J connectivity index is 1.32. The molecule has 3 heterocycles. The lowest BCUT2D eigenvalue weighted by molar-refractivity contribution is 0.0908. The van der Waals surface area contributed by atoms with E-state index in [-0.39, 0.29) is 11.9 Å². The fourth-order valence-electron chi connectivity index (χ4n) is 4.04. The first-order chi connectivity index (χ1) is 14.7. The van der Waals surface area contributed by atoms with Gasteiger partial charge in [0.25, 0.3) is 5.91 Å². The van der Waals surface area contributed by atoms with Gasteiger partial charge in [-0.25, -0.2) is 0 Å². The molecule has 30 heavy (non-hydrogen) atoms. The molecule has 1 amide bonds. The van der Waals surface area contributed by atoms with Gasteiger partial charge in [-0.1, -0.05) is 30.0 Å². The molecule has 1 aliphatic heterocycles. The van der Waals surface area contributed by atoms with Gasteiger partial charge in [0.15, 0.2) is 6.19 Å². The second kappa shape index (κ2) is 7.84. The number of nitrogens with one attached hydrogen (secondary N) is 2. The first kappa shape index (κ1) is 18.7. The number of rotatable bonds is 5. The maximum Gasteiger partial charge on any atom is 0.269 e. The molecule has 3 atom stereocenters. The number of H-pyrrole nitrogens is 1. The number of aromatic amines is 1. The second-order valence-electron chi connectivity index (χ2n) is 7.70. The largest absolute Gasteiger partial charge is 0.346 e. The number of nitriles is 1. The van der Waals surface area contributed by atoms with Gasteiger partial charge in [-0.2, -0.15) is 10.4 Å². The minimum Gasteiger partial charge on any atom is -0.346 e. The molecule has 2 aromatic heterocycles. The van der Waals surface area contributed by atoms with Crippen molar-refractivity contribution in [3.63, 3.8) is 0 Å².